The maximum Gasteiger partial charge on any atom is 0.313 e. The van der Waals surface area contributed by atoms with Crippen molar-refractivity contribution in [2.24, 2.45) is 0 Å². The Kier molecular flexibility index (Phi) is 4.30. The molecule has 0 atom stereocenters. The minimum absolute atomic E-state index is 0.0222. The van der Waals surface area contributed by atoms with Crippen LogP contribution < -0.4 is 0 Å². The summed E-state index contributed by atoms with van der Waals surface area (Å²) >= 11 is 1.01. The number of sulfone groups is 1. The van der Waals surface area contributed by atoms with Crippen molar-refractivity contribution in [2.75, 3.05) is 17.8 Å². The highest BCUT2D eigenvalue weighted by atomic mass is 32.2. The molecule has 0 amide bonds. The average Bonchev–Trinajstić information content (AvgIpc) is 2.57. The van der Waals surface area contributed by atoms with Gasteiger partial charge in [-0.05, 0) is 0 Å². The number of aromatic nitrogens is 3. The van der Waals surface area contributed by atoms with E-state index in [0.717, 1.165) is 18.0 Å². The van der Waals surface area contributed by atoms with Crippen LogP contribution in [0.1, 0.15) is 0 Å². The predicted octanol–water partition coefficient (Wildman–Crippen LogP) is -0.501. The lowest BCUT2D eigenvalue weighted by Crippen LogP contribution is -2.11. The van der Waals surface area contributed by atoms with Crippen LogP contribution >= 0.6 is 11.8 Å². The molecule has 0 saturated carbocycles. The number of hydrogen-bond donors (Lipinski definition) is 1. The zero-order valence-electron chi connectivity index (χ0n) is 8.53. The minimum atomic E-state index is -3.05. The summed E-state index contributed by atoms with van der Waals surface area (Å²) in [5.74, 6) is -1.11. The van der Waals surface area contributed by atoms with Crippen LogP contribution in [-0.2, 0) is 21.2 Å². The van der Waals surface area contributed by atoms with Crippen molar-refractivity contribution in [3.05, 3.63) is 6.33 Å². The number of carboxylic acid groups (broad SMARTS) is 1. The third-order valence-electron chi connectivity index (χ3n) is 1.61. The first kappa shape index (κ1) is 13.0. The van der Waals surface area contributed by atoms with Crippen LogP contribution in [0.2, 0.25) is 0 Å². The average molecular weight is 265 g/mol. The third kappa shape index (κ3) is 4.62. The Bertz CT molecular complexity index is 468. The first-order valence-electron chi connectivity index (χ1n) is 4.28. The fourth-order valence-corrected chi connectivity index (χ4v) is 2.09. The Balaban J connectivity index is 2.60. The summed E-state index contributed by atoms with van der Waals surface area (Å²) < 4.78 is 23.4. The smallest absolute Gasteiger partial charge is 0.313 e. The van der Waals surface area contributed by atoms with Crippen molar-refractivity contribution in [3.63, 3.8) is 0 Å². The molecule has 0 fully saturated rings. The zero-order valence-corrected chi connectivity index (χ0v) is 10.2. The van der Waals surface area contributed by atoms with Crippen LogP contribution in [0.5, 0.6) is 0 Å². The minimum Gasteiger partial charge on any atom is -0.481 e. The third-order valence-corrected chi connectivity index (χ3v) is 3.50. The van der Waals surface area contributed by atoms with Gasteiger partial charge in [-0.1, -0.05) is 11.8 Å². The van der Waals surface area contributed by atoms with E-state index in [1.54, 1.807) is 0 Å². The highest BCUT2D eigenvalue weighted by Crippen LogP contribution is 2.14. The Morgan fingerprint density at radius 3 is 2.88 bits per heavy atom. The molecule has 7 nitrogen and oxygen atoms in total. The number of carboxylic acids is 1. The number of carbonyl (C=O) groups is 1. The fourth-order valence-electron chi connectivity index (χ4n) is 0.900. The van der Waals surface area contributed by atoms with Crippen LogP contribution in [0.3, 0.4) is 0 Å². The first-order chi connectivity index (χ1) is 7.38. The lowest BCUT2D eigenvalue weighted by molar-refractivity contribution is -0.133. The molecule has 0 aliphatic heterocycles. The van der Waals surface area contributed by atoms with Crippen LogP contribution in [0.15, 0.2) is 11.5 Å². The molecule has 90 valence electrons. The molecule has 1 heterocycles. The SMILES string of the molecule is CS(=O)(=O)CCn1cnnc1SCC(=O)O. The van der Waals surface area contributed by atoms with E-state index < -0.39 is 15.8 Å². The van der Waals surface area contributed by atoms with E-state index in [4.69, 9.17) is 5.11 Å². The Labute approximate surface area is 96.8 Å². The molecule has 0 unspecified atom stereocenters. The number of rotatable bonds is 6. The predicted molar refractivity (Wildman–Crippen MR) is 58.1 cm³/mol. The normalized spacial score (nSPS) is 11.6. The summed E-state index contributed by atoms with van der Waals surface area (Å²) in [7, 11) is -3.05. The highest BCUT2D eigenvalue weighted by Gasteiger charge is 2.09. The van der Waals surface area contributed by atoms with Gasteiger partial charge in [-0.3, -0.25) is 4.79 Å². The molecule has 0 saturated heterocycles. The molecule has 0 aromatic carbocycles. The van der Waals surface area contributed by atoms with E-state index in [1.165, 1.54) is 10.9 Å². The first-order valence-corrected chi connectivity index (χ1v) is 7.33. The maximum atomic E-state index is 10.9. The second kappa shape index (κ2) is 5.30. The molecule has 9 heteroatoms. The number of aryl methyl sites for hydroxylation is 1. The number of nitrogens with zero attached hydrogens (tertiary/aromatic N) is 3. The fraction of sp³-hybridized carbons (Fsp3) is 0.571. The van der Waals surface area contributed by atoms with Crippen molar-refractivity contribution in [2.45, 2.75) is 11.7 Å². The summed E-state index contributed by atoms with van der Waals surface area (Å²) in [6.45, 7) is 0.230. The zero-order chi connectivity index (χ0) is 12.2. The van der Waals surface area contributed by atoms with Gasteiger partial charge in [0.25, 0.3) is 0 Å². The largest absolute Gasteiger partial charge is 0.481 e. The summed E-state index contributed by atoms with van der Waals surface area (Å²) in [5, 5.41) is 16.2. The molecule has 1 aromatic rings. The van der Waals surface area contributed by atoms with Gasteiger partial charge in [-0.25, -0.2) is 8.42 Å². The van der Waals surface area contributed by atoms with E-state index in [9.17, 15) is 13.2 Å². The molecular weight excluding hydrogens is 254 g/mol. The van der Waals surface area contributed by atoms with E-state index in [0.29, 0.717) is 5.16 Å². The topological polar surface area (TPSA) is 102 Å². The standard InChI is InChI=1S/C7H11N3O4S2/c1-16(13,14)3-2-10-5-8-9-7(10)15-4-6(11)12/h5H,2-4H2,1H3,(H,11,12). The van der Waals surface area contributed by atoms with Gasteiger partial charge in [0, 0.05) is 12.8 Å². The lowest BCUT2D eigenvalue weighted by atomic mass is 10.7. The van der Waals surface area contributed by atoms with Gasteiger partial charge in [0.1, 0.15) is 16.2 Å². The van der Waals surface area contributed by atoms with Crippen LogP contribution in [0.25, 0.3) is 0 Å². The second-order valence-electron chi connectivity index (χ2n) is 3.12. The summed E-state index contributed by atoms with van der Waals surface area (Å²) in [4.78, 5) is 10.3. The molecule has 16 heavy (non-hydrogen) atoms. The highest BCUT2D eigenvalue weighted by molar-refractivity contribution is 7.99. The van der Waals surface area contributed by atoms with E-state index in [1.807, 2.05) is 0 Å². The molecule has 1 rings (SSSR count). The van der Waals surface area contributed by atoms with Crippen LogP contribution in [0, 0.1) is 0 Å². The second-order valence-corrected chi connectivity index (χ2v) is 6.32. The van der Waals surface area contributed by atoms with Gasteiger partial charge in [-0.15, -0.1) is 10.2 Å². The molecule has 0 bridgehead atoms. The van der Waals surface area contributed by atoms with Gasteiger partial charge in [0.15, 0.2) is 5.16 Å². The van der Waals surface area contributed by atoms with Crippen LogP contribution in [0.4, 0.5) is 0 Å². The molecule has 0 aliphatic rings. The van der Waals surface area contributed by atoms with Crippen molar-refractivity contribution in [3.8, 4) is 0 Å². The lowest BCUT2D eigenvalue weighted by Gasteiger charge is -2.03. The van der Waals surface area contributed by atoms with E-state index in [2.05, 4.69) is 10.2 Å². The van der Waals surface area contributed by atoms with Crippen molar-refractivity contribution < 1.29 is 18.3 Å². The van der Waals surface area contributed by atoms with E-state index >= 15 is 0 Å². The molecule has 0 radical (unpaired) electrons. The maximum absolute atomic E-state index is 10.9. The number of hydrogen-bond acceptors (Lipinski definition) is 6. The Morgan fingerprint density at radius 1 is 1.62 bits per heavy atom. The number of aliphatic carboxylic acids is 1. The van der Waals surface area contributed by atoms with E-state index in [-0.39, 0.29) is 18.1 Å². The van der Waals surface area contributed by atoms with Gasteiger partial charge in [0.05, 0.1) is 11.5 Å². The van der Waals surface area contributed by atoms with Crippen molar-refractivity contribution in [1.82, 2.24) is 14.8 Å². The Hall–Kier alpha value is -1.09. The van der Waals surface area contributed by atoms with Gasteiger partial charge < -0.3 is 9.67 Å². The molecular formula is C7H11N3O4S2. The molecule has 1 aromatic heterocycles. The molecule has 1 N–H and O–H groups in total. The van der Waals surface area contributed by atoms with Crippen molar-refractivity contribution in [1.29, 1.82) is 0 Å². The van der Waals surface area contributed by atoms with Gasteiger partial charge >= 0.3 is 5.97 Å². The number of thioether (sulfide) groups is 1. The quantitative estimate of drug-likeness (QED) is 0.692. The summed E-state index contributed by atoms with van der Waals surface area (Å²) in [6.07, 6.45) is 2.52. The molecule has 0 spiro atoms. The van der Waals surface area contributed by atoms with Crippen molar-refractivity contribution >= 4 is 27.6 Å². The van der Waals surface area contributed by atoms with Gasteiger partial charge in [0.2, 0.25) is 0 Å². The Morgan fingerprint density at radius 2 is 2.31 bits per heavy atom. The van der Waals surface area contributed by atoms with Crippen LogP contribution in [-0.4, -0.2) is 52.0 Å². The molecule has 0 aliphatic carbocycles. The van der Waals surface area contributed by atoms with Gasteiger partial charge in [-0.2, -0.15) is 0 Å². The summed E-state index contributed by atoms with van der Waals surface area (Å²) in [6, 6.07) is 0. The summed E-state index contributed by atoms with van der Waals surface area (Å²) in [5.41, 5.74) is 0. The monoisotopic (exact) mass is 265 g/mol.